The Kier molecular flexibility index (Phi) is 8.17. The van der Waals surface area contributed by atoms with Gasteiger partial charge in [-0.1, -0.05) is 6.92 Å². The first-order chi connectivity index (χ1) is 8.00. The highest BCUT2D eigenvalue weighted by Gasteiger charge is 2.35. The fraction of sp³-hybridized carbons (Fsp3) is 0.923. The van der Waals surface area contributed by atoms with Gasteiger partial charge in [-0.15, -0.1) is 0 Å². The number of nitrogens with one attached hydrogen (secondary N) is 1. The van der Waals surface area contributed by atoms with E-state index in [2.05, 4.69) is 12.2 Å². The molecule has 0 aliphatic carbocycles. The molecule has 2 unspecified atom stereocenters. The number of hydrogen-bond donors (Lipinski definition) is 1. The van der Waals surface area contributed by atoms with Gasteiger partial charge in [0.25, 0.3) is 0 Å². The van der Waals surface area contributed by atoms with E-state index < -0.39 is 5.54 Å². The molecule has 1 N–H and O–H groups in total. The third kappa shape index (κ3) is 6.03. The smallest absolute Gasteiger partial charge is 0.326 e. The number of esters is 1. The van der Waals surface area contributed by atoms with E-state index in [1.807, 2.05) is 27.7 Å². The van der Waals surface area contributed by atoms with Gasteiger partial charge >= 0.3 is 5.97 Å². The first-order valence-corrected chi connectivity index (χ1v) is 6.54. The molecule has 0 aromatic carbocycles. The molecule has 0 radical (unpaired) electrons. The average molecular weight is 245 g/mol. The molecule has 0 fully saturated rings. The van der Waals surface area contributed by atoms with Crippen LogP contribution in [0.2, 0.25) is 0 Å². The van der Waals surface area contributed by atoms with Crippen LogP contribution in [-0.2, 0) is 14.3 Å². The summed E-state index contributed by atoms with van der Waals surface area (Å²) in [6.45, 7) is 11.6. The molecule has 0 bridgehead atoms. The van der Waals surface area contributed by atoms with Gasteiger partial charge < -0.3 is 14.8 Å². The van der Waals surface area contributed by atoms with Crippen molar-refractivity contribution in [2.75, 3.05) is 19.8 Å². The van der Waals surface area contributed by atoms with Crippen molar-refractivity contribution in [2.45, 2.75) is 59.1 Å². The van der Waals surface area contributed by atoms with E-state index in [9.17, 15) is 4.79 Å². The molecule has 0 rings (SSSR count). The Balaban J connectivity index is 4.52. The van der Waals surface area contributed by atoms with E-state index in [1.165, 1.54) is 0 Å². The van der Waals surface area contributed by atoms with Crippen LogP contribution in [-0.4, -0.2) is 37.4 Å². The minimum Gasteiger partial charge on any atom is -0.465 e. The Hall–Kier alpha value is -0.610. The van der Waals surface area contributed by atoms with E-state index in [1.54, 1.807) is 0 Å². The second kappa shape index (κ2) is 8.48. The molecule has 0 aromatic heterocycles. The van der Waals surface area contributed by atoms with E-state index in [-0.39, 0.29) is 12.1 Å². The lowest BCUT2D eigenvalue weighted by Crippen LogP contribution is -2.52. The minimum atomic E-state index is -0.652. The summed E-state index contributed by atoms with van der Waals surface area (Å²) in [7, 11) is 0. The predicted molar refractivity (Wildman–Crippen MR) is 69.0 cm³/mol. The maximum absolute atomic E-state index is 12.0. The molecule has 2 atom stereocenters. The quantitative estimate of drug-likeness (QED) is 0.632. The number of hydrogen-bond acceptors (Lipinski definition) is 4. The lowest BCUT2D eigenvalue weighted by molar-refractivity contribution is -0.152. The van der Waals surface area contributed by atoms with Crippen LogP contribution in [0, 0.1) is 0 Å². The molecule has 0 aliphatic heterocycles. The highest BCUT2D eigenvalue weighted by molar-refractivity contribution is 5.80. The van der Waals surface area contributed by atoms with Crippen molar-refractivity contribution in [2.24, 2.45) is 0 Å². The number of ether oxygens (including phenoxy) is 2. The summed E-state index contributed by atoms with van der Waals surface area (Å²) in [5.74, 6) is -0.194. The molecule has 4 heteroatoms. The zero-order chi connectivity index (χ0) is 13.3. The van der Waals surface area contributed by atoms with Gasteiger partial charge in [0.1, 0.15) is 5.54 Å². The van der Waals surface area contributed by atoms with Crippen molar-refractivity contribution in [3.05, 3.63) is 0 Å². The van der Waals surface area contributed by atoms with Crippen LogP contribution < -0.4 is 5.32 Å². The largest absolute Gasteiger partial charge is 0.465 e. The van der Waals surface area contributed by atoms with E-state index in [4.69, 9.17) is 9.47 Å². The lowest BCUT2D eigenvalue weighted by atomic mass is 9.94. The molecule has 102 valence electrons. The van der Waals surface area contributed by atoms with Gasteiger partial charge in [0, 0.05) is 13.0 Å². The van der Waals surface area contributed by atoms with Crippen molar-refractivity contribution in [1.82, 2.24) is 5.32 Å². The average Bonchev–Trinajstić information content (AvgIpc) is 2.27. The monoisotopic (exact) mass is 245 g/mol. The van der Waals surface area contributed by atoms with Crippen molar-refractivity contribution >= 4 is 5.97 Å². The highest BCUT2D eigenvalue weighted by Crippen LogP contribution is 2.17. The van der Waals surface area contributed by atoms with Gasteiger partial charge in [0.15, 0.2) is 0 Å². The van der Waals surface area contributed by atoms with Crippen LogP contribution >= 0.6 is 0 Å². The molecule has 0 saturated heterocycles. The molecule has 17 heavy (non-hydrogen) atoms. The summed E-state index contributed by atoms with van der Waals surface area (Å²) in [6, 6.07) is 0. The number of carbonyl (C=O) groups excluding carboxylic acids is 1. The Morgan fingerprint density at radius 3 is 2.41 bits per heavy atom. The van der Waals surface area contributed by atoms with Gasteiger partial charge in [-0.25, -0.2) is 0 Å². The topological polar surface area (TPSA) is 47.6 Å². The fourth-order valence-corrected chi connectivity index (χ4v) is 1.84. The Labute approximate surface area is 105 Å². The van der Waals surface area contributed by atoms with E-state index in [0.717, 1.165) is 13.0 Å². The van der Waals surface area contributed by atoms with Crippen LogP contribution in [0.5, 0.6) is 0 Å². The molecule has 0 spiro atoms. The summed E-state index contributed by atoms with van der Waals surface area (Å²) < 4.78 is 10.6. The third-order valence-electron chi connectivity index (χ3n) is 2.64. The molecule has 0 amide bonds. The maximum atomic E-state index is 12.0. The molecule has 0 aliphatic rings. The maximum Gasteiger partial charge on any atom is 0.326 e. The van der Waals surface area contributed by atoms with Crippen LogP contribution in [0.4, 0.5) is 0 Å². The van der Waals surface area contributed by atoms with Gasteiger partial charge in [-0.2, -0.15) is 0 Å². The standard InChI is InChI=1S/C13H27NO3/c1-6-9-14-13(5,12(15)17-8-3)10-11(4)16-7-2/h11,14H,6-10H2,1-5H3. The summed E-state index contributed by atoms with van der Waals surface area (Å²) in [5.41, 5.74) is -0.652. The Morgan fingerprint density at radius 1 is 1.29 bits per heavy atom. The summed E-state index contributed by atoms with van der Waals surface area (Å²) in [6.07, 6.45) is 1.65. The fourth-order valence-electron chi connectivity index (χ4n) is 1.84. The second-order valence-electron chi connectivity index (χ2n) is 4.45. The van der Waals surface area contributed by atoms with Crippen LogP contribution in [0.3, 0.4) is 0 Å². The molecule has 0 heterocycles. The Bertz CT molecular complexity index is 221. The first-order valence-electron chi connectivity index (χ1n) is 6.54. The van der Waals surface area contributed by atoms with Crippen LogP contribution in [0.15, 0.2) is 0 Å². The molecular weight excluding hydrogens is 218 g/mol. The molecular formula is C13H27NO3. The molecule has 4 nitrogen and oxygen atoms in total. The van der Waals surface area contributed by atoms with Crippen molar-refractivity contribution < 1.29 is 14.3 Å². The molecule has 0 saturated carbocycles. The van der Waals surface area contributed by atoms with Gasteiger partial charge in [0.2, 0.25) is 0 Å². The van der Waals surface area contributed by atoms with E-state index >= 15 is 0 Å². The van der Waals surface area contributed by atoms with Crippen LogP contribution in [0.25, 0.3) is 0 Å². The summed E-state index contributed by atoms with van der Waals surface area (Å²) in [5, 5.41) is 3.27. The SMILES string of the molecule is CCCNC(C)(CC(C)OCC)C(=O)OCC. The summed E-state index contributed by atoms with van der Waals surface area (Å²) in [4.78, 5) is 12.0. The van der Waals surface area contributed by atoms with E-state index in [0.29, 0.717) is 19.6 Å². The van der Waals surface area contributed by atoms with Crippen LogP contribution in [0.1, 0.15) is 47.5 Å². The summed E-state index contributed by atoms with van der Waals surface area (Å²) >= 11 is 0. The third-order valence-corrected chi connectivity index (χ3v) is 2.64. The molecule has 0 aromatic rings. The second-order valence-corrected chi connectivity index (χ2v) is 4.45. The number of carbonyl (C=O) groups is 1. The van der Waals surface area contributed by atoms with Crippen molar-refractivity contribution in [1.29, 1.82) is 0 Å². The highest BCUT2D eigenvalue weighted by atomic mass is 16.5. The lowest BCUT2D eigenvalue weighted by Gasteiger charge is -2.31. The van der Waals surface area contributed by atoms with Crippen molar-refractivity contribution in [3.8, 4) is 0 Å². The zero-order valence-electron chi connectivity index (χ0n) is 11.8. The predicted octanol–water partition coefficient (Wildman–Crippen LogP) is 2.12. The zero-order valence-corrected chi connectivity index (χ0v) is 11.8. The van der Waals surface area contributed by atoms with Crippen molar-refractivity contribution in [3.63, 3.8) is 0 Å². The van der Waals surface area contributed by atoms with Gasteiger partial charge in [-0.3, -0.25) is 4.79 Å². The Morgan fingerprint density at radius 2 is 1.94 bits per heavy atom. The minimum absolute atomic E-state index is 0.0405. The van der Waals surface area contributed by atoms with Gasteiger partial charge in [0.05, 0.1) is 12.7 Å². The normalized spacial score (nSPS) is 16.3. The number of rotatable bonds is 9. The first kappa shape index (κ1) is 16.4. The van der Waals surface area contributed by atoms with Gasteiger partial charge in [-0.05, 0) is 40.7 Å².